The monoisotopic (exact) mass is 677 g/mol. The second-order valence-corrected chi connectivity index (χ2v) is 14.5. The van der Waals surface area contributed by atoms with E-state index in [-0.39, 0.29) is 19.4 Å². The van der Waals surface area contributed by atoms with Gasteiger partial charge in [-0.1, -0.05) is 181 Å². The van der Waals surface area contributed by atoms with Crippen molar-refractivity contribution in [3.05, 3.63) is 0 Å². The molecule has 1 atom stereocenters. The summed E-state index contributed by atoms with van der Waals surface area (Å²) >= 11 is 0. The Bertz CT molecular complexity index is 726. The predicted molar refractivity (Wildman–Crippen MR) is 189 cm³/mol. The van der Waals surface area contributed by atoms with Crippen molar-refractivity contribution in [2.45, 2.75) is 213 Å². The molecule has 0 fully saturated rings. The molecule has 0 aromatic carbocycles. The molecule has 0 radical (unpaired) electrons. The van der Waals surface area contributed by atoms with E-state index in [0.29, 0.717) is 6.42 Å². The van der Waals surface area contributed by atoms with Crippen molar-refractivity contribution in [1.82, 2.24) is 0 Å². The number of carbonyl (C=O) groups excluding carboxylic acids is 2. The van der Waals surface area contributed by atoms with Gasteiger partial charge in [0.1, 0.15) is 6.61 Å². The highest BCUT2D eigenvalue weighted by atomic mass is 31.2. The van der Waals surface area contributed by atoms with Gasteiger partial charge < -0.3 is 19.3 Å². The second-order valence-electron chi connectivity index (χ2n) is 13.3. The summed E-state index contributed by atoms with van der Waals surface area (Å²) in [6.45, 7) is 3.70. The van der Waals surface area contributed by atoms with Crippen molar-refractivity contribution in [2.24, 2.45) is 0 Å². The van der Waals surface area contributed by atoms with Crippen LogP contribution in [-0.2, 0) is 28.2 Å². The number of phosphoric acid groups is 1. The molecule has 0 saturated carbocycles. The van der Waals surface area contributed by atoms with Crippen molar-refractivity contribution in [2.75, 3.05) is 13.2 Å². The van der Waals surface area contributed by atoms with Crippen LogP contribution in [0.2, 0.25) is 0 Å². The van der Waals surface area contributed by atoms with Crippen molar-refractivity contribution >= 4 is 19.8 Å². The van der Waals surface area contributed by atoms with E-state index in [4.69, 9.17) is 19.3 Å². The Kier molecular flexibility index (Phi) is 33.2. The fourth-order valence-corrected chi connectivity index (χ4v) is 6.09. The Hall–Kier alpha value is -0.950. The summed E-state index contributed by atoms with van der Waals surface area (Å²) in [7, 11) is -4.74. The number of esters is 2. The molecule has 0 amide bonds. The number of phosphoric ester groups is 1. The first kappa shape index (κ1) is 45.0. The standard InChI is InChI=1S/C37H73O8P/c1-3-5-7-9-11-13-15-17-18-20-22-24-26-28-30-32-37(39)45-35(34-44-46(40,41)42)33-43-36(38)31-29-27-25-23-21-19-16-14-12-10-8-6-4-2/h35H,3-34H2,1-2H3,(H2,40,41,42)/t35-/m1/s1. The summed E-state index contributed by atoms with van der Waals surface area (Å²) in [5.41, 5.74) is 0. The summed E-state index contributed by atoms with van der Waals surface area (Å²) in [6, 6.07) is 0. The van der Waals surface area contributed by atoms with Crippen molar-refractivity contribution in [3.63, 3.8) is 0 Å². The van der Waals surface area contributed by atoms with Gasteiger partial charge in [0.25, 0.3) is 0 Å². The Morgan fingerprint density at radius 1 is 0.478 bits per heavy atom. The lowest BCUT2D eigenvalue weighted by Gasteiger charge is -2.18. The highest BCUT2D eigenvalue weighted by Gasteiger charge is 2.22. The molecule has 0 aliphatic carbocycles. The zero-order chi connectivity index (χ0) is 34.0. The quantitative estimate of drug-likeness (QED) is 0.0382. The van der Waals surface area contributed by atoms with Crippen LogP contribution in [0.3, 0.4) is 0 Å². The molecule has 0 unspecified atom stereocenters. The molecular weight excluding hydrogens is 603 g/mol. The van der Waals surface area contributed by atoms with E-state index in [1.165, 1.54) is 141 Å². The molecule has 0 rings (SSSR count). The Balaban J connectivity index is 3.91. The maximum absolute atomic E-state index is 12.4. The van der Waals surface area contributed by atoms with Gasteiger partial charge in [-0.3, -0.25) is 14.1 Å². The third-order valence-corrected chi connectivity index (χ3v) is 9.11. The van der Waals surface area contributed by atoms with E-state index in [9.17, 15) is 14.2 Å². The van der Waals surface area contributed by atoms with Gasteiger partial charge in [-0.15, -0.1) is 0 Å². The largest absolute Gasteiger partial charge is 0.469 e. The molecule has 0 aromatic rings. The maximum atomic E-state index is 12.4. The minimum Gasteiger partial charge on any atom is -0.462 e. The van der Waals surface area contributed by atoms with Crippen LogP contribution in [0.5, 0.6) is 0 Å². The average molecular weight is 677 g/mol. The summed E-state index contributed by atoms with van der Waals surface area (Å²) in [5.74, 6) is -0.871. The zero-order valence-corrected chi connectivity index (χ0v) is 30.9. The summed E-state index contributed by atoms with van der Waals surface area (Å²) < 4.78 is 26.3. The van der Waals surface area contributed by atoms with Gasteiger partial charge in [-0.25, -0.2) is 4.57 Å². The number of rotatable bonds is 36. The fourth-order valence-electron chi connectivity index (χ4n) is 5.73. The molecule has 274 valence electrons. The minimum atomic E-state index is -4.74. The van der Waals surface area contributed by atoms with Crippen LogP contribution in [-0.4, -0.2) is 41.0 Å². The Morgan fingerprint density at radius 3 is 1.11 bits per heavy atom. The van der Waals surface area contributed by atoms with E-state index < -0.39 is 32.5 Å². The van der Waals surface area contributed by atoms with Crippen LogP contribution in [0.25, 0.3) is 0 Å². The summed E-state index contributed by atoms with van der Waals surface area (Å²) in [4.78, 5) is 42.7. The van der Waals surface area contributed by atoms with Crippen LogP contribution in [0.4, 0.5) is 0 Å². The first-order valence-corrected chi connectivity index (χ1v) is 20.9. The van der Waals surface area contributed by atoms with Crippen LogP contribution in [0.15, 0.2) is 0 Å². The third-order valence-electron chi connectivity index (χ3n) is 8.63. The van der Waals surface area contributed by atoms with Crippen LogP contribution in [0.1, 0.15) is 206 Å². The van der Waals surface area contributed by atoms with Crippen molar-refractivity contribution < 1.29 is 37.9 Å². The van der Waals surface area contributed by atoms with Crippen molar-refractivity contribution in [1.29, 1.82) is 0 Å². The van der Waals surface area contributed by atoms with Crippen LogP contribution < -0.4 is 0 Å². The molecule has 0 bridgehead atoms. The molecule has 0 spiro atoms. The van der Waals surface area contributed by atoms with Gasteiger partial charge in [0.2, 0.25) is 0 Å². The number of carbonyl (C=O) groups is 2. The first-order valence-electron chi connectivity index (χ1n) is 19.3. The lowest BCUT2D eigenvalue weighted by atomic mass is 10.0. The molecule has 8 nitrogen and oxygen atoms in total. The average Bonchev–Trinajstić information content (AvgIpc) is 3.02. The Morgan fingerprint density at radius 2 is 0.783 bits per heavy atom. The fraction of sp³-hybridized carbons (Fsp3) is 0.946. The first-order chi connectivity index (χ1) is 22.3. The molecule has 0 aliphatic heterocycles. The molecule has 46 heavy (non-hydrogen) atoms. The molecule has 9 heteroatoms. The smallest absolute Gasteiger partial charge is 0.462 e. The molecule has 0 heterocycles. The summed E-state index contributed by atoms with van der Waals surface area (Å²) in [6.07, 6.45) is 33.9. The Labute approximate surface area is 283 Å². The molecule has 2 N–H and O–H groups in total. The highest BCUT2D eigenvalue weighted by molar-refractivity contribution is 7.46. The van der Waals surface area contributed by atoms with Gasteiger partial charge >= 0.3 is 19.8 Å². The van der Waals surface area contributed by atoms with E-state index in [0.717, 1.165) is 32.1 Å². The predicted octanol–water partition coefficient (Wildman–Crippen LogP) is 11.3. The van der Waals surface area contributed by atoms with Gasteiger partial charge in [0.05, 0.1) is 6.61 Å². The second kappa shape index (κ2) is 33.9. The molecule has 0 aromatic heterocycles. The molecule has 0 saturated heterocycles. The van der Waals surface area contributed by atoms with Crippen LogP contribution >= 0.6 is 7.82 Å². The number of hydrogen-bond acceptors (Lipinski definition) is 6. The van der Waals surface area contributed by atoms with E-state index >= 15 is 0 Å². The lowest BCUT2D eigenvalue weighted by Crippen LogP contribution is -2.29. The molecular formula is C37H73O8P. The highest BCUT2D eigenvalue weighted by Crippen LogP contribution is 2.36. The van der Waals surface area contributed by atoms with E-state index in [2.05, 4.69) is 18.4 Å². The maximum Gasteiger partial charge on any atom is 0.469 e. The van der Waals surface area contributed by atoms with E-state index in [1.807, 2.05) is 0 Å². The number of hydrogen-bond donors (Lipinski definition) is 2. The van der Waals surface area contributed by atoms with Crippen molar-refractivity contribution in [3.8, 4) is 0 Å². The van der Waals surface area contributed by atoms with Gasteiger partial charge in [0.15, 0.2) is 6.10 Å². The SMILES string of the molecule is CCCCCCCCCCCCCCCCCC(=O)O[C@H](COC(=O)CCCCCCCCCCCCCCC)COP(=O)(O)O. The number of ether oxygens (including phenoxy) is 2. The zero-order valence-electron chi connectivity index (χ0n) is 30.0. The summed E-state index contributed by atoms with van der Waals surface area (Å²) in [5, 5.41) is 0. The topological polar surface area (TPSA) is 119 Å². The number of unbranched alkanes of at least 4 members (excludes halogenated alkanes) is 26. The minimum absolute atomic E-state index is 0.220. The van der Waals surface area contributed by atoms with Gasteiger partial charge in [-0.2, -0.15) is 0 Å². The van der Waals surface area contributed by atoms with Gasteiger partial charge in [0, 0.05) is 12.8 Å². The normalized spacial score (nSPS) is 12.3. The lowest BCUT2D eigenvalue weighted by molar-refractivity contribution is -0.161. The van der Waals surface area contributed by atoms with Gasteiger partial charge in [-0.05, 0) is 12.8 Å². The van der Waals surface area contributed by atoms with E-state index in [1.54, 1.807) is 0 Å². The third kappa shape index (κ3) is 35.9. The van der Waals surface area contributed by atoms with Crippen LogP contribution in [0, 0.1) is 0 Å². The molecule has 0 aliphatic rings.